The molecule has 1 aromatic rings. The third-order valence-corrected chi connectivity index (χ3v) is 4.36. The number of hydrogen-bond donors (Lipinski definition) is 1. The van der Waals surface area contributed by atoms with Crippen molar-refractivity contribution in [3.05, 3.63) is 34.9 Å². The molecule has 1 nitrogen and oxygen atoms in total. The fourth-order valence-corrected chi connectivity index (χ4v) is 2.79. The lowest BCUT2D eigenvalue weighted by Gasteiger charge is -2.30. The lowest BCUT2D eigenvalue weighted by Crippen LogP contribution is -2.40. The molecule has 0 fully saturated rings. The Hall–Kier alpha value is -0.820. The van der Waals surface area contributed by atoms with Crippen LogP contribution in [-0.4, -0.2) is 5.54 Å². The number of hydrogen-bond acceptors (Lipinski definition) is 1. The van der Waals surface area contributed by atoms with Gasteiger partial charge in [0, 0.05) is 11.6 Å². The Morgan fingerprint density at radius 3 is 2.50 bits per heavy atom. The Balaban J connectivity index is 2.13. The molecule has 1 N–H and O–H groups in total. The van der Waals surface area contributed by atoms with E-state index in [1.54, 1.807) is 11.1 Å². The number of rotatable bonds is 4. The zero-order valence-corrected chi connectivity index (χ0v) is 12.3. The van der Waals surface area contributed by atoms with E-state index in [4.69, 9.17) is 0 Å². The quantitative estimate of drug-likeness (QED) is 0.829. The SMILES string of the molecule is CCC(C)(C)NC(C)c1ccc2c(c1)CCCC2. The zero-order valence-electron chi connectivity index (χ0n) is 12.3. The first-order valence-corrected chi connectivity index (χ1v) is 7.41. The molecular weight excluding hydrogens is 218 g/mol. The van der Waals surface area contributed by atoms with Crippen LogP contribution < -0.4 is 5.32 Å². The highest BCUT2D eigenvalue weighted by Gasteiger charge is 2.19. The molecule has 18 heavy (non-hydrogen) atoms. The summed E-state index contributed by atoms with van der Waals surface area (Å²) in [5.41, 5.74) is 4.82. The summed E-state index contributed by atoms with van der Waals surface area (Å²) >= 11 is 0. The second kappa shape index (κ2) is 5.44. The first-order valence-electron chi connectivity index (χ1n) is 7.41. The maximum atomic E-state index is 3.73. The van der Waals surface area contributed by atoms with Crippen molar-refractivity contribution in [3.8, 4) is 0 Å². The molecule has 0 amide bonds. The van der Waals surface area contributed by atoms with E-state index in [0.717, 1.165) is 6.42 Å². The molecule has 1 aromatic carbocycles. The van der Waals surface area contributed by atoms with Gasteiger partial charge in [-0.05, 0) is 69.6 Å². The second-order valence-electron chi connectivity index (χ2n) is 6.34. The highest BCUT2D eigenvalue weighted by atomic mass is 15.0. The first kappa shape index (κ1) is 13.6. The number of aryl methyl sites for hydroxylation is 2. The van der Waals surface area contributed by atoms with Crippen LogP contribution >= 0.6 is 0 Å². The minimum absolute atomic E-state index is 0.218. The van der Waals surface area contributed by atoms with Crippen LogP contribution in [0.2, 0.25) is 0 Å². The van der Waals surface area contributed by atoms with Crippen LogP contribution in [0.5, 0.6) is 0 Å². The summed E-state index contributed by atoms with van der Waals surface area (Å²) < 4.78 is 0. The van der Waals surface area contributed by atoms with Gasteiger partial charge in [0.25, 0.3) is 0 Å². The molecule has 0 saturated heterocycles. The second-order valence-corrected chi connectivity index (χ2v) is 6.34. The highest BCUT2D eigenvalue weighted by molar-refractivity contribution is 5.35. The Labute approximate surface area is 112 Å². The van der Waals surface area contributed by atoms with Crippen molar-refractivity contribution >= 4 is 0 Å². The van der Waals surface area contributed by atoms with Gasteiger partial charge in [-0.15, -0.1) is 0 Å². The van der Waals surface area contributed by atoms with Crippen LogP contribution in [0.25, 0.3) is 0 Å². The van der Waals surface area contributed by atoms with E-state index in [9.17, 15) is 0 Å². The van der Waals surface area contributed by atoms with Crippen molar-refractivity contribution in [1.29, 1.82) is 0 Å². The minimum Gasteiger partial charge on any atom is -0.305 e. The predicted octanol–water partition coefficient (Wildman–Crippen LogP) is 4.40. The summed E-state index contributed by atoms with van der Waals surface area (Å²) in [5, 5.41) is 3.73. The molecule has 0 heterocycles. The van der Waals surface area contributed by atoms with Crippen LogP contribution in [0.15, 0.2) is 18.2 Å². The zero-order chi connectivity index (χ0) is 13.2. The molecule has 1 aliphatic carbocycles. The van der Waals surface area contributed by atoms with E-state index in [1.807, 2.05) is 0 Å². The van der Waals surface area contributed by atoms with Gasteiger partial charge in [-0.2, -0.15) is 0 Å². The summed E-state index contributed by atoms with van der Waals surface area (Å²) in [4.78, 5) is 0. The van der Waals surface area contributed by atoms with Crippen LogP contribution in [0.3, 0.4) is 0 Å². The first-order chi connectivity index (χ1) is 8.52. The molecular formula is C17H27N. The van der Waals surface area contributed by atoms with Gasteiger partial charge in [-0.3, -0.25) is 0 Å². The molecule has 0 spiro atoms. The monoisotopic (exact) mass is 245 g/mol. The van der Waals surface area contributed by atoms with Crippen molar-refractivity contribution in [2.75, 3.05) is 0 Å². The minimum atomic E-state index is 0.218. The lowest BCUT2D eigenvalue weighted by molar-refractivity contribution is 0.337. The smallest absolute Gasteiger partial charge is 0.0296 e. The normalized spacial score (nSPS) is 17.3. The van der Waals surface area contributed by atoms with Crippen molar-refractivity contribution < 1.29 is 0 Å². The molecule has 1 aliphatic rings. The molecule has 0 aromatic heterocycles. The van der Waals surface area contributed by atoms with Gasteiger partial charge in [-0.25, -0.2) is 0 Å². The maximum absolute atomic E-state index is 3.73. The molecule has 0 saturated carbocycles. The summed E-state index contributed by atoms with van der Waals surface area (Å²) in [7, 11) is 0. The van der Waals surface area contributed by atoms with Gasteiger partial charge in [0.15, 0.2) is 0 Å². The van der Waals surface area contributed by atoms with Crippen LogP contribution in [0.4, 0.5) is 0 Å². The van der Waals surface area contributed by atoms with Gasteiger partial charge in [0.2, 0.25) is 0 Å². The molecule has 0 bridgehead atoms. The average Bonchev–Trinajstić information content (AvgIpc) is 2.37. The standard InChI is InChI=1S/C17H27N/c1-5-17(3,4)18-13(2)15-11-10-14-8-6-7-9-16(14)12-15/h10-13,18H,5-9H2,1-4H3. The van der Waals surface area contributed by atoms with Gasteiger partial charge in [-0.1, -0.05) is 25.1 Å². The topological polar surface area (TPSA) is 12.0 Å². The molecule has 2 rings (SSSR count). The van der Waals surface area contributed by atoms with E-state index in [1.165, 1.54) is 31.2 Å². The van der Waals surface area contributed by atoms with Crippen LogP contribution in [-0.2, 0) is 12.8 Å². The van der Waals surface area contributed by atoms with Gasteiger partial charge < -0.3 is 5.32 Å². The van der Waals surface area contributed by atoms with Crippen molar-refractivity contribution in [3.63, 3.8) is 0 Å². The summed E-state index contributed by atoms with van der Waals surface area (Å²) in [6.07, 6.45) is 6.43. The molecule has 1 atom stereocenters. The number of benzene rings is 1. The lowest BCUT2D eigenvalue weighted by atomic mass is 9.89. The fourth-order valence-electron chi connectivity index (χ4n) is 2.79. The summed E-state index contributed by atoms with van der Waals surface area (Å²) in [5.74, 6) is 0. The van der Waals surface area contributed by atoms with E-state index in [2.05, 4.69) is 51.2 Å². The van der Waals surface area contributed by atoms with Crippen molar-refractivity contribution in [1.82, 2.24) is 5.32 Å². The highest BCUT2D eigenvalue weighted by Crippen LogP contribution is 2.26. The summed E-state index contributed by atoms with van der Waals surface area (Å²) in [6, 6.07) is 7.53. The Kier molecular flexibility index (Phi) is 4.11. The number of fused-ring (bicyclic) bond motifs is 1. The van der Waals surface area contributed by atoms with Crippen LogP contribution in [0.1, 0.15) is 69.7 Å². The van der Waals surface area contributed by atoms with E-state index >= 15 is 0 Å². The Bertz CT molecular complexity index is 406. The molecule has 100 valence electrons. The molecule has 0 aliphatic heterocycles. The molecule has 1 heteroatoms. The largest absolute Gasteiger partial charge is 0.305 e. The van der Waals surface area contributed by atoms with Gasteiger partial charge >= 0.3 is 0 Å². The van der Waals surface area contributed by atoms with E-state index in [-0.39, 0.29) is 5.54 Å². The molecule has 1 unspecified atom stereocenters. The Morgan fingerprint density at radius 1 is 1.17 bits per heavy atom. The fraction of sp³-hybridized carbons (Fsp3) is 0.647. The summed E-state index contributed by atoms with van der Waals surface area (Å²) in [6.45, 7) is 9.08. The number of nitrogens with one attached hydrogen (secondary N) is 1. The van der Waals surface area contributed by atoms with Crippen molar-refractivity contribution in [2.24, 2.45) is 0 Å². The molecule has 0 radical (unpaired) electrons. The third-order valence-electron chi connectivity index (χ3n) is 4.36. The van der Waals surface area contributed by atoms with Gasteiger partial charge in [0.05, 0.1) is 0 Å². The predicted molar refractivity (Wildman–Crippen MR) is 79.0 cm³/mol. The van der Waals surface area contributed by atoms with Crippen molar-refractivity contribution in [2.45, 2.75) is 71.4 Å². The maximum Gasteiger partial charge on any atom is 0.0296 e. The average molecular weight is 245 g/mol. The van der Waals surface area contributed by atoms with Gasteiger partial charge in [0.1, 0.15) is 0 Å². The third kappa shape index (κ3) is 3.14. The van der Waals surface area contributed by atoms with E-state index < -0.39 is 0 Å². The van der Waals surface area contributed by atoms with E-state index in [0.29, 0.717) is 6.04 Å². The van der Waals surface area contributed by atoms with Crippen LogP contribution in [0, 0.1) is 0 Å². The Morgan fingerprint density at radius 2 is 1.83 bits per heavy atom.